The molecule has 3 rings (SSSR count). The highest BCUT2D eigenvalue weighted by Crippen LogP contribution is 2.18. The minimum Gasteiger partial charge on any atom is -0.363 e. The molecule has 0 bridgehead atoms. The lowest BCUT2D eigenvalue weighted by molar-refractivity contribution is -0.385. The van der Waals surface area contributed by atoms with Gasteiger partial charge in [-0.1, -0.05) is 6.07 Å². The molecule has 9 heteroatoms. The summed E-state index contributed by atoms with van der Waals surface area (Å²) in [4.78, 5) is 32.0. The van der Waals surface area contributed by atoms with E-state index >= 15 is 0 Å². The van der Waals surface area contributed by atoms with Crippen LogP contribution < -0.4 is 10.9 Å². The molecule has 0 spiro atoms. The maximum atomic E-state index is 12.4. The number of hydrogen-bond acceptors (Lipinski definition) is 7. The highest BCUT2D eigenvalue weighted by Gasteiger charge is 2.25. The van der Waals surface area contributed by atoms with Crippen molar-refractivity contribution in [1.82, 2.24) is 19.2 Å². The van der Waals surface area contributed by atoms with Gasteiger partial charge < -0.3 is 10.2 Å². The molecule has 25 heavy (non-hydrogen) atoms. The SMILES string of the molecule is CC(CNc1nc2ccccn2c(=O)c1[N+](=O)[O-])N1CCN(C)CC1. The lowest BCUT2D eigenvalue weighted by Gasteiger charge is -2.36. The van der Waals surface area contributed by atoms with E-state index in [-0.39, 0.29) is 11.9 Å². The number of anilines is 1. The molecule has 1 aliphatic heterocycles. The number of hydrogen-bond donors (Lipinski definition) is 1. The lowest BCUT2D eigenvalue weighted by atomic mass is 10.2. The summed E-state index contributed by atoms with van der Waals surface area (Å²) in [5.41, 5.74) is -0.813. The van der Waals surface area contributed by atoms with Crippen molar-refractivity contribution >= 4 is 17.2 Å². The van der Waals surface area contributed by atoms with Gasteiger partial charge in [-0.15, -0.1) is 0 Å². The van der Waals surface area contributed by atoms with E-state index in [1.165, 1.54) is 10.6 Å². The van der Waals surface area contributed by atoms with Gasteiger partial charge in [0.25, 0.3) is 0 Å². The van der Waals surface area contributed by atoms with E-state index in [9.17, 15) is 14.9 Å². The Bertz CT molecular complexity index is 828. The Morgan fingerprint density at radius 1 is 1.32 bits per heavy atom. The molecule has 2 aromatic heterocycles. The fourth-order valence-electron chi connectivity index (χ4n) is 3.00. The van der Waals surface area contributed by atoms with Crippen LogP contribution in [0.15, 0.2) is 29.2 Å². The van der Waals surface area contributed by atoms with Crippen LogP contribution in [0.1, 0.15) is 6.92 Å². The Hall–Kier alpha value is -2.52. The maximum Gasteiger partial charge on any atom is 0.376 e. The van der Waals surface area contributed by atoms with Crippen LogP contribution in [0.25, 0.3) is 5.65 Å². The standard InChI is InChI=1S/C16H22N6O3/c1-12(20-9-7-19(2)8-10-20)11-17-15-14(22(24)25)16(23)21-6-4-3-5-13(21)18-15/h3-6,12,17H,7-11H2,1-2H3. The van der Waals surface area contributed by atoms with Crippen LogP contribution in [0.2, 0.25) is 0 Å². The normalized spacial score (nSPS) is 17.5. The first-order valence-electron chi connectivity index (χ1n) is 8.29. The average molecular weight is 346 g/mol. The third kappa shape index (κ3) is 3.62. The predicted octanol–water partition coefficient (Wildman–Crippen LogP) is 0.651. The van der Waals surface area contributed by atoms with Crippen molar-refractivity contribution in [2.75, 3.05) is 45.1 Å². The smallest absolute Gasteiger partial charge is 0.363 e. The third-order valence-electron chi connectivity index (χ3n) is 4.62. The van der Waals surface area contributed by atoms with Crippen LogP contribution in [0, 0.1) is 10.1 Å². The molecule has 1 aliphatic rings. The van der Waals surface area contributed by atoms with Crippen LogP contribution in [-0.2, 0) is 0 Å². The number of nitrogens with zero attached hydrogens (tertiary/aromatic N) is 5. The molecule has 3 heterocycles. The highest BCUT2D eigenvalue weighted by atomic mass is 16.6. The van der Waals surface area contributed by atoms with Gasteiger partial charge in [0.05, 0.1) is 4.92 Å². The topological polar surface area (TPSA) is 96.0 Å². The quantitative estimate of drug-likeness (QED) is 0.627. The van der Waals surface area contributed by atoms with E-state index in [1.807, 2.05) is 0 Å². The molecule has 2 aromatic rings. The van der Waals surface area contributed by atoms with Gasteiger partial charge in [0.1, 0.15) is 5.65 Å². The van der Waals surface area contributed by atoms with Crippen LogP contribution in [-0.4, -0.2) is 69.9 Å². The van der Waals surface area contributed by atoms with Gasteiger partial charge in [0.15, 0.2) is 0 Å². The number of pyridine rings is 1. The number of likely N-dealkylation sites (N-methyl/N-ethyl adjacent to an activating group) is 1. The van der Waals surface area contributed by atoms with Crippen LogP contribution in [0.4, 0.5) is 11.5 Å². The summed E-state index contributed by atoms with van der Waals surface area (Å²) in [7, 11) is 2.09. The van der Waals surface area contributed by atoms with Gasteiger partial charge in [-0.05, 0) is 26.1 Å². The first-order valence-corrected chi connectivity index (χ1v) is 8.29. The summed E-state index contributed by atoms with van der Waals surface area (Å²) in [6.45, 7) is 6.46. The van der Waals surface area contributed by atoms with E-state index in [0.717, 1.165) is 26.2 Å². The second kappa shape index (κ2) is 7.16. The molecule has 0 amide bonds. The van der Waals surface area contributed by atoms with Crippen molar-refractivity contribution in [3.8, 4) is 0 Å². The number of piperazine rings is 1. The van der Waals surface area contributed by atoms with Crippen molar-refractivity contribution in [2.24, 2.45) is 0 Å². The Morgan fingerprint density at radius 3 is 2.72 bits per heavy atom. The molecule has 1 atom stereocenters. The van der Waals surface area contributed by atoms with Gasteiger partial charge in [0, 0.05) is 45.0 Å². The van der Waals surface area contributed by atoms with Gasteiger partial charge in [-0.3, -0.25) is 24.2 Å². The molecule has 0 aliphatic carbocycles. The Labute approximate surface area is 145 Å². The summed E-state index contributed by atoms with van der Waals surface area (Å²) in [5.74, 6) is 0.0298. The number of rotatable bonds is 5. The number of nitrogens with one attached hydrogen (secondary N) is 1. The first-order chi connectivity index (χ1) is 12.0. The molecular formula is C16H22N6O3. The largest absolute Gasteiger partial charge is 0.376 e. The lowest BCUT2D eigenvalue weighted by Crippen LogP contribution is -2.50. The second-order valence-electron chi connectivity index (χ2n) is 6.37. The minimum atomic E-state index is -0.676. The molecule has 0 aromatic carbocycles. The molecule has 1 unspecified atom stereocenters. The molecule has 0 saturated carbocycles. The first kappa shape index (κ1) is 17.3. The zero-order valence-corrected chi connectivity index (χ0v) is 14.4. The van der Waals surface area contributed by atoms with Crippen molar-refractivity contribution in [2.45, 2.75) is 13.0 Å². The summed E-state index contributed by atoms with van der Waals surface area (Å²) in [6, 6.07) is 5.22. The highest BCUT2D eigenvalue weighted by molar-refractivity contribution is 5.59. The molecule has 0 radical (unpaired) electrons. The van der Waals surface area contributed by atoms with Crippen molar-refractivity contribution in [3.05, 3.63) is 44.9 Å². The number of nitro groups is 1. The van der Waals surface area contributed by atoms with E-state index in [0.29, 0.717) is 12.2 Å². The summed E-state index contributed by atoms with van der Waals surface area (Å²) in [5, 5.41) is 14.4. The van der Waals surface area contributed by atoms with Gasteiger partial charge in [-0.2, -0.15) is 0 Å². The molecule has 1 N–H and O–H groups in total. The Kier molecular flexibility index (Phi) is 4.95. The van der Waals surface area contributed by atoms with Crippen molar-refractivity contribution in [3.63, 3.8) is 0 Å². The number of aromatic nitrogens is 2. The van der Waals surface area contributed by atoms with E-state index in [2.05, 4.69) is 34.1 Å². The molecular weight excluding hydrogens is 324 g/mol. The fourth-order valence-corrected chi connectivity index (χ4v) is 3.00. The van der Waals surface area contributed by atoms with Gasteiger partial charge in [-0.25, -0.2) is 4.98 Å². The maximum absolute atomic E-state index is 12.4. The van der Waals surface area contributed by atoms with Crippen LogP contribution in [0.3, 0.4) is 0 Å². The summed E-state index contributed by atoms with van der Waals surface area (Å²) in [6.07, 6.45) is 1.48. The molecule has 1 saturated heterocycles. The number of fused-ring (bicyclic) bond motifs is 1. The molecule has 1 fully saturated rings. The molecule has 9 nitrogen and oxygen atoms in total. The second-order valence-corrected chi connectivity index (χ2v) is 6.37. The zero-order valence-electron chi connectivity index (χ0n) is 14.4. The minimum absolute atomic E-state index is 0.0298. The van der Waals surface area contributed by atoms with Crippen molar-refractivity contribution in [1.29, 1.82) is 0 Å². The monoisotopic (exact) mass is 346 g/mol. The van der Waals surface area contributed by atoms with Gasteiger partial charge >= 0.3 is 11.2 Å². The Morgan fingerprint density at radius 2 is 2.04 bits per heavy atom. The Balaban J connectivity index is 1.82. The summed E-state index contributed by atoms with van der Waals surface area (Å²) >= 11 is 0. The van der Waals surface area contributed by atoms with Crippen LogP contribution in [0.5, 0.6) is 0 Å². The summed E-state index contributed by atoms with van der Waals surface area (Å²) < 4.78 is 1.19. The fraction of sp³-hybridized carbons (Fsp3) is 0.500. The van der Waals surface area contributed by atoms with Crippen molar-refractivity contribution < 1.29 is 4.92 Å². The zero-order chi connectivity index (χ0) is 18.0. The average Bonchev–Trinajstić information content (AvgIpc) is 2.60. The van der Waals surface area contributed by atoms with Gasteiger partial charge in [0.2, 0.25) is 5.82 Å². The third-order valence-corrected chi connectivity index (χ3v) is 4.62. The van der Waals surface area contributed by atoms with Crippen LogP contribution >= 0.6 is 0 Å². The van der Waals surface area contributed by atoms with E-state index in [4.69, 9.17) is 0 Å². The predicted molar refractivity (Wildman–Crippen MR) is 95.1 cm³/mol. The van der Waals surface area contributed by atoms with E-state index in [1.54, 1.807) is 18.2 Å². The molecule has 134 valence electrons. The van der Waals surface area contributed by atoms with E-state index < -0.39 is 16.2 Å².